The van der Waals surface area contributed by atoms with E-state index in [2.05, 4.69) is 10.3 Å². The van der Waals surface area contributed by atoms with Crippen LogP contribution in [-0.4, -0.2) is 49.8 Å². The Morgan fingerprint density at radius 1 is 0.805 bits per heavy atom. The Bertz CT molecular complexity index is 1470. The average molecular weight is 565 g/mol. The predicted molar refractivity (Wildman–Crippen MR) is 150 cm³/mol. The molecule has 0 fully saturated rings. The van der Waals surface area contributed by atoms with Crippen molar-refractivity contribution in [3.8, 4) is 11.5 Å². The third kappa shape index (κ3) is 6.99. The van der Waals surface area contributed by atoms with Crippen LogP contribution in [0.4, 0.5) is 11.4 Å². The Morgan fingerprint density at radius 2 is 1.22 bits per heavy atom. The van der Waals surface area contributed by atoms with Crippen LogP contribution in [0.25, 0.3) is 11.4 Å². The van der Waals surface area contributed by atoms with Gasteiger partial charge in [0.25, 0.3) is 5.91 Å². The van der Waals surface area contributed by atoms with Gasteiger partial charge in [-0.3, -0.25) is 14.8 Å². The zero-order valence-corrected chi connectivity index (χ0v) is 21.6. The van der Waals surface area contributed by atoms with Crippen molar-refractivity contribution in [2.75, 3.05) is 16.6 Å². The first-order valence-corrected chi connectivity index (χ1v) is 11.8. The maximum absolute atomic E-state index is 12.6. The van der Waals surface area contributed by atoms with Gasteiger partial charge in [-0.2, -0.15) is 0 Å². The third-order valence-electron chi connectivity index (χ3n) is 5.59. The van der Waals surface area contributed by atoms with Gasteiger partial charge in [-0.1, -0.05) is 0 Å². The highest BCUT2D eigenvalue weighted by Gasteiger charge is 2.16. The van der Waals surface area contributed by atoms with E-state index in [-0.39, 0.29) is 50.8 Å². The summed E-state index contributed by atoms with van der Waals surface area (Å²) < 4.78 is 0. The van der Waals surface area contributed by atoms with Crippen LogP contribution in [0.1, 0.15) is 49.4 Å². The summed E-state index contributed by atoms with van der Waals surface area (Å²) in [6, 6.07) is 10.1. The number of carbonyl (C=O) groups excluding carboxylic acids is 1. The molecule has 2 aromatic carbocycles. The number of amides is 1. The molecule has 1 aromatic heterocycles. The van der Waals surface area contributed by atoms with E-state index in [1.165, 1.54) is 48.8 Å². The molecule has 214 valence electrons. The molecule has 41 heavy (non-hydrogen) atoms. The SMILES string of the molecule is CCNC(=O)c1cc(/C(N)=C/N(N)c2ccc(C(=O)O)c(O)c2)nc(/C(N)=C/N(N)c2ccc(C(=O)O)c(O)c2)c1. The van der Waals surface area contributed by atoms with Gasteiger partial charge in [0.05, 0.1) is 34.2 Å². The summed E-state index contributed by atoms with van der Waals surface area (Å²) in [6.45, 7) is 2.07. The Kier molecular flexibility index (Phi) is 8.98. The summed E-state index contributed by atoms with van der Waals surface area (Å²) in [5.41, 5.74) is 12.5. The van der Waals surface area contributed by atoms with Gasteiger partial charge in [0.15, 0.2) is 0 Å². The second-order valence-electron chi connectivity index (χ2n) is 8.48. The number of carbonyl (C=O) groups is 3. The molecule has 1 heterocycles. The lowest BCUT2D eigenvalue weighted by Crippen LogP contribution is -2.27. The number of aromatic hydroxyl groups is 2. The number of pyridine rings is 1. The van der Waals surface area contributed by atoms with Gasteiger partial charge in [-0.05, 0) is 43.3 Å². The van der Waals surface area contributed by atoms with Gasteiger partial charge < -0.3 is 37.2 Å². The number of hydrogen-bond donors (Lipinski definition) is 9. The van der Waals surface area contributed by atoms with Crippen molar-refractivity contribution in [3.05, 3.63) is 89.0 Å². The summed E-state index contributed by atoms with van der Waals surface area (Å²) in [4.78, 5) is 39.3. The van der Waals surface area contributed by atoms with E-state index in [9.17, 15) is 24.6 Å². The van der Waals surface area contributed by atoms with E-state index >= 15 is 0 Å². The fourth-order valence-electron chi connectivity index (χ4n) is 3.52. The first kappa shape index (κ1) is 29.8. The molecule has 0 aliphatic carbocycles. The van der Waals surface area contributed by atoms with Gasteiger partial charge in [0, 0.05) is 36.6 Å². The van der Waals surface area contributed by atoms with Gasteiger partial charge in [0.2, 0.25) is 0 Å². The van der Waals surface area contributed by atoms with Crippen LogP contribution >= 0.6 is 0 Å². The number of aromatic carboxylic acids is 2. The molecule has 0 spiro atoms. The van der Waals surface area contributed by atoms with E-state index in [1.54, 1.807) is 6.92 Å². The van der Waals surface area contributed by atoms with Gasteiger partial charge in [0.1, 0.15) is 22.6 Å². The second kappa shape index (κ2) is 12.4. The fourth-order valence-corrected chi connectivity index (χ4v) is 3.52. The maximum atomic E-state index is 12.6. The Hall–Kier alpha value is -5.80. The Morgan fingerprint density at radius 3 is 1.56 bits per heavy atom. The molecular weight excluding hydrogens is 536 g/mol. The lowest BCUT2D eigenvalue weighted by molar-refractivity contribution is 0.0682. The number of phenols is 2. The summed E-state index contributed by atoms with van der Waals surface area (Å²) in [5, 5.41) is 42.8. The van der Waals surface area contributed by atoms with E-state index in [4.69, 9.17) is 33.4 Å². The molecule has 1 amide bonds. The zero-order chi connectivity index (χ0) is 30.4. The highest BCUT2D eigenvalue weighted by Crippen LogP contribution is 2.26. The number of anilines is 2. The van der Waals surface area contributed by atoms with Crippen molar-refractivity contribution in [2.45, 2.75) is 6.92 Å². The largest absolute Gasteiger partial charge is 0.507 e. The van der Waals surface area contributed by atoms with Crippen LogP contribution in [0.5, 0.6) is 11.5 Å². The molecule has 15 heteroatoms. The minimum Gasteiger partial charge on any atom is -0.507 e. The summed E-state index contributed by atoms with van der Waals surface area (Å²) in [6.07, 6.45) is 2.48. The minimum atomic E-state index is -1.32. The minimum absolute atomic E-state index is 0.0201. The second-order valence-corrected chi connectivity index (χ2v) is 8.48. The van der Waals surface area contributed by atoms with Crippen LogP contribution in [0, 0.1) is 0 Å². The van der Waals surface area contributed by atoms with Crippen LogP contribution < -0.4 is 38.5 Å². The van der Waals surface area contributed by atoms with Crippen LogP contribution in [0.15, 0.2) is 60.9 Å². The van der Waals surface area contributed by atoms with Crippen LogP contribution in [0.2, 0.25) is 0 Å². The van der Waals surface area contributed by atoms with Crippen molar-refractivity contribution in [1.82, 2.24) is 10.3 Å². The maximum Gasteiger partial charge on any atom is 0.339 e. The molecule has 0 saturated heterocycles. The standard InChI is InChI=1S/C26H28N8O7/c1-2-31-24(37)13-7-20(18(27)11-33(29)14-3-5-16(25(38)39)22(35)9-14)32-21(8-13)19(28)12-34(30)15-4-6-17(26(40)41)23(36)10-15/h3-12,35-36H,2,27-30H2,1H3,(H,31,37)(H,38,39)(H,40,41)/b18-11-,19-12-. The van der Waals surface area contributed by atoms with E-state index in [0.717, 1.165) is 22.2 Å². The van der Waals surface area contributed by atoms with Crippen molar-refractivity contribution in [1.29, 1.82) is 0 Å². The lowest BCUT2D eigenvalue weighted by Gasteiger charge is -2.17. The molecule has 0 bridgehead atoms. The van der Waals surface area contributed by atoms with Gasteiger partial charge >= 0.3 is 11.9 Å². The summed E-state index contributed by atoms with van der Waals surface area (Å²) in [5.74, 6) is 7.98. The quantitative estimate of drug-likeness (QED) is 0.122. The number of carboxylic acids is 2. The summed E-state index contributed by atoms with van der Waals surface area (Å²) in [7, 11) is 0. The Balaban J connectivity index is 2.00. The fraction of sp³-hybridized carbons (Fsp3) is 0.0769. The number of rotatable bonds is 10. The number of aromatic nitrogens is 1. The predicted octanol–water partition coefficient (Wildman–Crippen LogP) is 0.914. The third-order valence-corrected chi connectivity index (χ3v) is 5.59. The molecule has 15 nitrogen and oxygen atoms in total. The van der Waals surface area contributed by atoms with Crippen molar-refractivity contribution >= 4 is 40.6 Å². The van der Waals surface area contributed by atoms with Crippen molar-refractivity contribution in [3.63, 3.8) is 0 Å². The molecule has 13 N–H and O–H groups in total. The molecule has 0 radical (unpaired) electrons. The normalized spacial score (nSPS) is 11.6. The number of hydrogen-bond acceptors (Lipinski definition) is 12. The van der Waals surface area contributed by atoms with Crippen molar-refractivity contribution in [2.24, 2.45) is 23.2 Å². The number of nitrogens with zero attached hydrogens (tertiary/aromatic N) is 3. The molecule has 0 aliphatic heterocycles. The zero-order valence-electron chi connectivity index (χ0n) is 21.6. The number of hydrazine groups is 2. The molecule has 0 aliphatic rings. The first-order valence-electron chi connectivity index (χ1n) is 11.8. The van der Waals surface area contributed by atoms with E-state index < -0.39 is 29.3 Å². The van der Waals surface area contributed by atoms with Crippen molar-refractivity contribution < 1.29 is 34.8 Å². The number of nitrogens with two attached hydrogens (primary N) is 4. The number of nitrogens with one attached hydrogen (secondary N) is 1. The topological polar surface area (TPSA) is 268 Å². The molecule has 3 aromatic rings. The molecule has 0 atom stereocenters. The molecule has 0 saturated carbocycles. The average Bonchev–Trinajstić information content (AvgIpc) is 2.92. The highest BCUT2D eigenvalue weighted by atomic mass is 16.4. The number of carboxylic acid groups (broad SMARTS) is 2. The first-order chi connectivity index (χ1) is 19.3. The van der Waals surface area contributed by atoms with E-state index in [0.29, 0.717) is 6.54 Å². The number of benzene rings is 2. The van der Waals surface area contributed by atoms with Crippen LogP contribution in [-0.2, 0) is 0 Å². The smallest absolute Gasteiger partial charge is 0.339 e. The Labute approximate surface area is 233 Å². The molecule has 3 rings (SSSR count). The van der Waals surface area contributed by atoms with E-state index in [1.807, 2.05) is 0 Å². The molecule has 0 unspecified atom stereocenters. The van der Waals surface area contributed by atoms with Crippen LogP contribution in [0.3, 0.4) is 0 Å². The summed E-state index contributed by atoms with van der Waals surface area (Å²) >= 11 is 0. The van der Waals surface area contributed by atoms with Gasteiger partial charge in [-0.15, -0.1) is 0 Å². The monoisotopic (exact) mass is 564 g/mol. The lowest BCUT2D eigenvalue weighted by atomic mass is 10.1. The van der Waals surface area contributed by atoms with Gasteiger partial charge in [-0.25, -0.2) is 26.3 Å². The highest BCUT2D eigenvalue weighted by molar-refractivity contribution is 5.96. The molecular formula is C26H28N8O7.